The third-order valence-corrected chi connectivity index (χ3v) is 2.63. The second-order valence-corrected chi connectivity index (χ2v) is 5.29. The maximum absolute atomic E-state index is 12.0. The van der Waals surface area contributed by atoms with Crippen LogP contribution in [0.5, 0.6) is 0 Å². The molecule has 1 aliphatic rings. The van der Waals surface area contributed by atoms with Gasteiger partial charge in [-0.05, 0) is 27.2 Å². The lowest BCUT2D eigenvalue weighted by Gasteiger charge is -2.37. The maximum Gasteiger partial charge on any atom is 0.411 e. The van der Waals surface area contributed by atoms with Gasteiger partial charge in [-0.3, -0.25) is 4.90 Å². The van der Waals surface area contributed by atoms with Gasteiger partial charge in [0, 0.05) is 20.0 Å². The predicted octanol–water partition coefficient (Wildman–Crippen LogP) is 1.49. The molecule has 0 saturated carbocycles. The zero-order chi connectivity index (χ0) is 16.4. The maximum atomic E-state index is 12.0. The van der Waals surface area contributed by atoms with E-state index in [0.29, 0.717) is 0 Å². The van der Waals surface area contributed by atoms with Gasteiger partial charge in [-0.1, -0.05) is 0 Å². The Morgan fingerprint density at radius 1 is 1.44 bits per heavy atom. The molecule has 1 aliphatic heterocycles. The van der Waals surface area contributed by atoms with Crippen molar-refractivity contribution < 1.29 is 28.3 Å². The lowest BCUT2D eigenvalue weighted by Crippen LogP contribution is -2.52. The Kier molecular flexibility index (Phi) is 3.28. The number of piperidine rings is 1. The number of carbonyl (C=O) groups is 2. The van der Waals surface area contributed by atoms with Gasteiger partial charge in [0.25, 0.3) is 0 Å². The molecule has 1 heterocycles. The highest BCUT2D eigenvalue weighted by Gasteiger charge is 2.38. The molecular weight excluding hydrogens is 238 g/mol. The van der Waals surface area contributed by atoms with Crippen LogP contribution in [-0.2, 0) is 14.3 Å². The zero-order valence-electron chi connectivity index (χ0n) is 13.8. The molecule has 6 heteroatoms. The zero-order valence-corrected chi connectivity index (χ0v) is 10.8. The van der Waals surface area contributed by atoms with Crippen molar-refractivity contribution in [2.75, 3.05) is 13.6 Å². The van der Waals surface area contributed by atoms with E-state index in [4.69, 9.17) is 13.6 Å². The molecule has 1 rings (SSSR count). The molecule has 0 aromatic carbocycles. The number of likely N-dealkylation sites (tertiary alicyclic amines) is 1. The lowest BCUT2D eigenvalue weighted by molar-refractivity contribution is -0.146. The number of methoxy groups -OCH3 is 1. The average Bonchev–Trinajstić information content (AvgIpc) is 2.23. The first-order valence-electron chi connectivity index (χ1n) is 7.29. The minimum Gasteiger partial charge on any atom is -0.480 e. The SMILES string of the molecule is [2H]C([2H])([2H])O[C@H]1CCN(C(=O)OC(C)(C)C)[C@@H](C(=O)O)C1. The highest BCUT2D eigenvalue weighted by atomic mass is 16.6. The fourth-order valence-corrected chi connectivity index (χ4v) is 1.81. The second-order valence-electron chi connectivity index (χ2n) is 5.29. The number of aliphatic carboxylic acids is 1. The number of amides is 1. The summed E-state index contributed by atoms with van der Waals surface area (Å²) in [5.74, 6) is -1.21. The highest BCUT2D eigenvalue weighted by Crippen LogP contribution is 2.22. The Morgan fingerprint density at radius 3 is 2.61 bits per heavy atom. The predicted molar refractivity (Wildman–Crippen MR) is 64.4 cm³/mol. The van der Waals surface area contributed by atoms with Crippen molar-refractivity contribution in [1.82, 2.24) is 4.90 Å². The number of hydrogen-bond acceptors (Lipinski definition) is 4. The summed E-state index contributed by atoms with van der Waals surface area (Å²) in [6.07, 6.45) is -1.27. The molecule has 0 spiro atoms. The molecule has 1 fully saturated rings. The van der Waals surface area contributed by atoms with Gasteiger partial charge in [-0.2, -0.15) is 0 Å². The molecule has 0 bridgehead atoms. The van der Waals surface area contributed by atoms with Gasteiger partial charge >= 0.3 is 12.1 Å². The van der Waals surface area contributed by atoms with E-state index in [9.17, 15) is 14.7 Å². The lowest BCUT2D eigenvalue weighted by atomic mass is 10.00. The molecule has 1 saturated heterocycles. The Hall–Kier alpha value is -1.30. The van der Waals surface area contributed by atoms with Crippen LogP contribution in [-0.4, -0.2) is 53.4 Å². The summed E-state index contributed by atoms with van der Waals surface area (Å²) in [6, 6.07) is -1.15. The largest absolute Gasteiger partial charge is 0.480 e. The Labute approximate surface area is 111 Å². The molecule has 1 N–H and O–H groups in total. The standard InChI is InChI=1S/C12H21NO5/c1-12(2,3)18-11(16)13-6-5-8(17-4)7-9(13)10(14)15/h8-9H,5-7H2,1-4H3,(H,14,15)/t8-,9+/m0/s1/i4D3. The topological polar surface area (TPSA) is 76.1 Å². The van der Waals surface area contributed by atoms with E-state index in [0.717, 1.165) is 4.90 Å². The molecule has 1 amide bonds. The van der Waals surface area contributed by atoms with Crippen molar-refractivity contribution in [1.29, 1.82) is 0 Å². The number of nitrogens with zero attached hydrogens (tertiary/aromatic N) is 1. The highest BCUT2D eigenvalue weighted by molar-refractivity contribution is 5.80. The molecule has 0 aromatic rings. The van der Waals surface area contributed by atoms with Crippen LogP contribution in [0.2, 0.25) is 0 Å². The van der Waals surface area contributed by atoms with E-state index in [1.165, 1.54) is 0 Å². The third kappa shape index (κ3) is 3.87. The van der Waals surface area contributed by atoms with Crippen LogP contribution in [0.3, 0.4) is 0 Å². The molecule has 0 radical (unpaired) electrons. The molecule has 0 aliphatic carbocycles. The molecule has 0 unspecified atom stereocenters. The number of rotatable bonds is 2. The summed E-state index contributed by atoms with van der Waals surface area (Å²) < 4.78 is 31.2. The van der Waals surface area contributed by atoms with Crippen molar-refractivity contribution in [3.8, 4) is 0 Å². The van der Waals surface area contributed by atoms with Gasteiger partial charge in [0.05, 0.1) is 10.2 Å². The third-order valence-electron chi connectivity index (χ3n) is 2.63. The molecule has 0 aromatic heterocycles. The summed E-state index contributed by atoms with van der Waals surface area (Å²) in [7, 11) is -2.58. The van der Waals surface area contributed by atoms with Gasteiger partial charge in [-0.25, -0.2) is 9.59 Å². The Morgan fingerprint density at radius 2 is 2.11 bits per heavy atom. The fourth-order valence-electron chi connectivity index (χ4n) is 1.81. The summed E-state index contributed by atoms with van der Waals surface area (Å²) >= 11 is 0. The normalized spacial score (nSPS) is 27.9. The van der Waals surface area contributed by atoms with Crippen molar-refractivity contribution >= 4 is 12.1 Å². The summed E-state index contributed by atoms with van der Waals surface area (Å²) in [5.41, 5.74) is -0.730. The van der Waals surface area contributed by atoms with Crippen molar-refractivity contribution in [3.05, 3.63) is 0 Å². The van der Waals surface area contributed by atoms with Crippen LogP contribution >= 0.6 is 0 Å². The number of hydrogen-bond donors (Lipinski definition) is 1. The molecule has 2 atom stereocenters. The monoisotopic (exact) mass is 262 g/mol. The van der Waals surface area contributed by atoms with Gasteiger partial charge in [0.2, 0.25) is 0 Å². The van der Waals surface area contributed by atoms with Gasteiger partial charge in [0.1, 0.15) is 11.6 Å². The van der Waals surface area contributed by atoms with Crippen LogP contribution < -0.4 is 0 Å². The van der Waals surface area contributed by atoms with Crippen LogP contribution in [0.25, 0.3) is 0 Å². The van der Waals surface area contributed by atoms with Crippen LogP contribution in [0.1, 0.15) is 37.7 Å². The van der Waals surface area contributed by atoms with Crippen molar-refractivity contribution in [2.24, 2.45) is 0 Å². The van der Waals surface area contributed by atoms with E-state index in [1.54, 1.807) is 20.8 Å². The van der Waals surface area contributed by atoms with Crippen LogP contribution in [0.4, 0.5) is 4.79 Å². The van der Waals surface area contributed by atoms with E-state index >= 15 is 0 Å². The minimum absolute atomic E-state index is 0.0760. The summed E-state index contributed by atoms with van der Waals surface area (Å²) in [6.45, 7) is 5.13. The number of carboxylic acids is 1. The molecule has 18 heavy (non-hydrogen) atoms. The van der Waals surface area contributed by atoms with Gasteiger partial charge in [-0.15, -0.1) is 0 Å². The number of carbonyl (C=O) groups excluding carboxylic acids is 1. The summed E-state index contributed by atoms with van der Waals surface area (Å²) in [4.78, 5) is 24.4. The number of carboxylic acid groups (broad SMARTS) is 1. The van der Waals surface area contributed by atoms with Crippen LogP contribution in [0.15, 0.2) is 0 Å². The molecular formula is C12H21NO5. The van der Waals surface area contributed by atoms with E-state index in [-0.39, 0.29) is 19.4 Å². The number of ether oxygens (including phenoxy) is 2. The van der Waals surface area contributed by atoms with E-state index in [2.05, 4.69) is 0 Å². The smallest absolute Gasteiger partial charge is 0.411 e. The quantitative estimate of drug-likeness (QED) is 0.815. The fraction of sp³-hybridized carbons (Fsp3) is 0.833. The van der Waals surface area contributed by atoms with Crippen molar-refractivity contribution in [3.63, 3.8) is 0 Å². The van der Waals surface area contributed by atoms with Gasteiger partial charge in [0.15, 0.2) is 0 Å². The van der Waals surface area contributed by atoms with E-state index < -0.39 is 36.8 Å². The summed E-state index contributed by atoms with van der Waals surface area (Å²) in [5, 5.41) is 9.23. The first kappa shape index (κ1) is 10.6. The molecule has 104 valence electrons. The average molecular weight is 262 g/mol. The first-order chi connectivity index (χ1) is 9.39. The van der Waals surface area contributed by atoms with Crippen molar-refractivity contribution in [2.45, 2.75) is 51.4 Å². The second kappa shape index (κ2) is 5.56. The Balaban J connectivity index is 2.76. The van der Waals surface area contributed by atoms with Gasteiger partial charge < -0.3 is 14.6 Å². The molecule has 6 nitrogen and oxygen atoms in total. The Bertz CT molecular complexity index is 405. The first-order valence-corrected chi connectivity index (χ1v) is 5.79. The minimum atomic E-state index is -2.58. The van der Waals surface area contributed by atoms with Crippen LogP contribution in [0, 0.1) is 0 Å². The van der Waals surface area contributed by atoms with E-state index in [1.807, 2.05) is 0 Å².